The van der Waals surface area contributed by atoms with Gasteiger partial charge in [-0.15, -0.1) is 12.4 Å². The van der Waals surface area contributed by atoms with Crippen molar-refractivity contribution < 1.29 is 9.46 Å². The van der Waals surface area contributed by atoms with Gasteiger partial charge in [0.15, 0.2) is 0 Å². The highest BCUT2D eigenvalue weighted by molar-refractivity contribution is 7.82. The zero-order chi connectivity index (χ0) is 10.9. The van der Waals surface area contributed by atoms with Gasteiger partial charge in [0.1, 0.15) is 0 Å². The van der Waals surface area contributed by atoms with Crippen molar-refractivity contribution in [2.45, 2.75) is 31.7 Å². The van der Waals surface area contributed by atoms with Gasteiger partial charge >= 0.3 is 6.87 Å². The van der Waals surface area contributed by atoms with Crippen LogP contribution in [0.5, 0.6) is 0 Å². The molecule has 4 nitrogen and oxygen atoms in total. The second-order valence-electron chi connectivity index (χ2n) is 4.40. The third-order valence-electron chi connectivity index (χ3n) is 3.45. The van der Waals surface area contributed by atoms with Crippen LogP contribution in [0.4, 0.5) is 0 Å². The molecular formula is C9H19Cl2N2O2P. The van der Waals surface area contributed by atoms with Crippen molar-refractivity contribution in [3.05, 3.63) is 0 Å². The number of piperidine rings is 1. The average Bonchev–Trinajstić information content (AvgIpc) is 2.69. The summed E-state index contributed by atoms with van der Waals surface area (Å²) < 4.78 is 12.7. The topological polar surface area (TPSA) is 43.8 Å². The van der Waals surface area contributed by atoms with E-state index in [0.29, 0.717) is 19.1 Å². The first-order chi connectivity index (χ1) is 7.07. The van der Waals surface area contributed by atoms with Crippen LogP contribution in [0.1, 0.15) is 25.7 Å². The fraction of sp³-hybridized carbons (Fsp3) is 1.00. The Labute approximate surface area is 108 Å². The molecule has 1 unspecified atom stereocenters. The fourth-order valence-electron chi connectivity index (χ4n) is 2.57. The maximum absolute atomic E-state index is 11.2. The van der Waals surface area contributed by atoms with Gasteiger partial charge in [-0.2, -0.15) is 0 Å². The van der Waals surface area contributed by atoms with E-state index in [1.54, 1.807) is 0 Å². The summed E-state index contributed by atoms with van der Waals surface area (Å²) in [5.74, 6) is 0. The minimum Gasteiger partial charge on any atom is -0.322 e. The Hall–Kier alpha value is 0.690. The molecule has 2 aliphatic heterocycles. The number of rotatable bonds is 2. The summed E-state index contributed by atoms with van der Waals surface area (Å²) in [7, 11) is 0. The molecule has 0 spiro atoms. The summed E-state index contributed by atoms with van der Waals surface area (Å²) in [5, 5.41) is 0. The number of hydrogen-bond donors (Lipinski definition) is 1. The second-order valence-corrected chi connectivity index (χ2v) is 7.23. The smallest absolute Gasteiger partial charge is 0.322 e. The molecule has 96 valence electrons. The first-order valence-corrected chi connectivity index (χ1v) is 8.11. The van der Waals surface area contributed by atoms with E-state index in [2.05, 4.69) is 4.90 Å². The fourth-order valence-corrected chi connectivity index (χ4v) is 3.75. The Morgan fingerprint density at radius 3 is 2.06 bits per heavy atom. The van der Waals surface area contributed by atoms with E-state index in [1.165, 1.54) is 30.6 Å². The first-order valence-electron chi connectivity index (χ1n) is 5.59. The van der Waals surface area contributed by atoms with E-state index in [4.69, 9.17) is 11.2 Å². The van der Waals surface area contributed by atoms with Gasteiger partial charge in [-0.1, -0.05) is 0 Å². The van der Waals surface area contributed by atoms with Gasteiger partial charge in [-0.25, -0.2) is 4.67 Å². The summed E-state index contributed by atoms with van der Waals surface area (Å²) in [5.41, 5.74) is 0. The standard InChI is InChI=1S/C9H18ClN2O2P.ClH/c10-15(13,14)12-7-3-9(4-8-12)11-5-1-2-6-11;/h9H,1-8H2,(H,13,14);1H. The molecular weight excluding hydrogens is 270 g/mol. The summed E-state index contributed by atoms with van der Waals surface area (Å²) in [4.78, 5) is 11.7. The average molecular weight is 289 g/mol. The van der Waals surface area contributed by atoms with E-state index in [-0.39, 0.29) is 12.4 Å². The highest BCUT2D eigenvalue weighted by atomic mass is 35.7. The van der Waals surface area contributed by atoms with Crippen LogP contribution in [0, 0.1) is 0 Å². The third kappa shape index (κ3) is 3.59. The lowest BCUT2D eigenvalue weighted by Crippen LogP contribution is -2.42. The molecule has 2 aliphatic rings. The molecule has 0 radical (unpaired) electrons. The molecule has 0 amide bonds. The molecule has 2 heterocycles. The van der Waals surface area contributed by atoms with Crippen LogP contribution in [0.15, 0.2) is 0 Å². The van der Waals surface area contributed by atoms with E-state index in [0.717, 1.165) is 12.8 Å². The predicted octanol–water partition coefficient (Wildman–Crippen LogP) is 2.31. The highest BCUT2D eigenvalue weighted by Crippen LogP contribution is 2.51. The molecule has 1 atom stereocenters. The lowest BCUT2D eigenvalue weighted by Gasteiger charge is -2.36. The highest BCUT2D eigenvalue weighted by Gasteiger charge is 2.32. The van der Waals surface area contributed by atoms with Gasteiger partial charge in [-0.3, -0.25) is 4.57 Å². The number of likely N-dealkylation sites (tertiary alicyclic amines) is 1. The van der Waals surface area contributed by atoms with Crippen molar-refractivity contribution in [2.24, 2.45) is 0 Å². The van der Waals surface area contributed by atoms with Gasteiger partial charge in [0.05, 0.1) is 0 Å². The predicted molar refractivity (Wildman–Crippen MR) is 68.3 cm³/mol. The number of hydrogen-bond acceptors (Lipinski definition) is 2. The molecule has 1 N–H and O–H groups in total. The van der Waals surface area contributed by atoms with Crippen molar-refractivity contribution >= 4 is 30.5 Å². The quantitative estimate of drug-likeness (QED) is 0.792. The SMILES string of the molecule is Cl.O=P(O)(Cl)N1CCC(N2CCCC2)CC1. The molecule has 0 saturated carbocycles. The van der Waals surface area contributed by atoms with Crippen LogP contribution in [0.25, 0.3) is 0 Å². The monoisotopic (exact) mass is 288 g/mol. The van der Waals surface area contributed by atoms with Crippen molar-refractivity contribution in [1.82, 2.24) is 9.57 Å². The van der Waals surface area contributed by atoms with E-state index >= 15 is 0 Å². The minimum atomic E-state index is -3.51. The van der Waals surface area contributed by atoms with Gasteiger partial charge in [0.25, 0.3) is 0 Å². The van der Waals surface area contributed by atoms with Crippen molar-refractivity contribution in [3.8, 4) is 0 Å². The zero-order valence-corrected chi connectivity index (χ0v) is 11.7. The van der Waals surface area contributed by atoms with Crippen LogP contribution in [-0.2, 0) is 4.57 Å². The second kappa shape index (κ2) is 6.03. The Morgan fingerprint density at radius 1 is 1.12 bits per heavy atom. The Kier molecular flexibility index (Phi) is 5.56. The zero-order valence-electron chi connectivity index (χ0n) is 9.22. The molecule has 2 saturated heterocycles. The van der Waals surface area contributed by atoms with Crippen molar-refractivity contribution in [2.75, 3.05) is 26.2 Å². The molecule has 2 fully saturated rings. The summed E-state index contributed by atoms with van der Waals surface area (Å²) in [6.45, 7) is 0.184. The van der Waals surface area contributed by atoms with Crippen LogP contribution >= 0.6 is 30.5 Å². The summed E-state index contributed by atoms with van der Waals surface area (Å²) >= 11 is 5.44. The first kappa shape index (κ1) is 14.7. The molecule has 0 aromatic carbocycles. The van der Waals surface area contributed by atoms with Crippen molar-refractivity contribution in [1.29, 1.82) is 0 Å². The van der Waals surface area contributed by atoms with Gasteiger partial charge in [-0.05, 0) is 50.0 Å². The molecule has 2 rings (SSSR count). The maximum atomic E-state index is 11.2. The van der Waals surface area contributed by atoms with E-state index < -0.39 is 6.87 Å². The Bertz CT molecular complexity index is 260. The molecule has 0 aromatic rings. The van der Waals surface area contributed by atoms with Crippen LogP contribution in [0.3, 0.4) is 0 Å². The van der Waals surface area contributed by atoms with Gasteiger partial charge < -0.3 is 9.79 Å². The minimum absolute atomic E-state index is 0. The number of nitrogens with zero attached hydrogens (tertiary/aromatic N) is 2. The Morgan fingerprint density at radius 2 is 1.62 bits per heavy atom. The summed E-state index contributed by atoms with van der Waals surface area (Å²) in [6.07, 6.45) is 4.54. The number of halogens is 2. The lowest BCUT2D eigenvalue weighted by atomic mass is 10.1. The largest absolute Gasteiger partial charge is 0.360 e. The normalized spacial score (nSPS) is 28.6. The molecule has 0 bridgehead atoms. The molecule has 7 heteroatoms. The molecule has 0 aromatic heterocycles. The van der Waals surface area contributed by atoms with E-state index in [1.807, 2.05) is 0 Å². The maximum Gasteiger partial charge on any atom is 0.360 e. The van der Waals surface area contributed by atoms with Gasteiger partial charge in [0, 0.05) is 19.1 Å². The van der Waals surface area contributed by atoms with Crippen LogP contribution in [-0.4, -0.2) is 46.7 Å². The third-order valence-corrected chi connectivity index (χ3v) is 5.19. The van der Waals surface area contributed by atoms with Crippen LogP contribution < -0.4 is 0 Å². The molecule has 16 heavy (non-hydrogen) atoms. The van der Waals surface area contributed by atoms with E-state index in [9.17, 15) is 9.46 Å². The Balaban J connectivity index is 0.00000128. The van der Waals surface area contributed by atoms with Crippen molar-refractivity contribution in [3.63, 3.8) is 0 Å². The van der Waals surface area contributed by atoms with Crippen LogP contribution in [0.2, 0.25) is 0 Å². The summed E-state index contributed by atoms with van der Waals surface area (Å²) in [6, 6.07) is 0.604. The lowest BCUT2D eigenvalue weighted by molar-refractivity contribution is 0.163. The van der Waals surface area contributed by atoms with Gasteiger partial charge in [0.2, 0.25) is 0 Å². The molecule has 0 aliphatic carbocycles.